The molecular formula is C11H24O2Si. The van der Waals surface area contributed by atoms with Gasteiger partial charge in [0.15, 0.2) is 0 Å². The highest BCUT2D eigenvalue weighted by atomic mass is 28.4. The average molecular weight is 216 g/mol. The topological polar surface area (TPSA) is 18.5 Å². The van der Waals surface area contributed by atoms with Crippen LogP contribution in [0.2, 0.25) is 12.6 Å². The largest absolute Gasteiger partial charge is 0.398 e. The molecule has 0 aromatic rings. The van der Waals surface area contributed by atoms with Crippen LogP contribution in [0.25, 0.3) is 0 Å². The molecule has 0 saturated carbocycles. The molecule has 0 unspecified atom stereocenters. The minimum Gasteiger partial charge on any atom is -0.398 e. The number of unbranched alkanes of at least 4 members (excludes halogenated alkanes) is 2. The van der Waals surface area contributed by atoms with Gasteiger partial charge in [0.1, 0.15) is 0 Å². The van der Waals surface area contributed by atoms with Crippen LogP contribution in [0.4, 0.5) is 0 Å². The molecule has 0 N–H and O–H groups in total. The third-order valence-corrected chi connectivity index (χ3v) is 5.44. The van der Waals surface area contributed by atoms with Crippen molar-refractivity contribution in [1.29, 1.82) is 0 Å². The van der Waals surface area contributed by atoms with Crippen molar-refractivity contribution in [1.82, 2.24) is 0 Å². The van der Waals surface area contributed by atoms with Gasteiger partial charge in [-0.3, -0.25) is 0 Å². The van der Waals surface area contributed by atoms with E-state index in [0.29, 0.717) is 0 Å². The highest BCUT2D eigenvalue weighted by molar-refractivity contribution is 6.65. The molecule has 0 atom stereocenters. The normalized spacial score (nSPS) is 12.6. The Kier molecular flexibility index (Phi) is 8.13. The molecule has 2 nitrogen and oxygen atoms in total. The molecule has 14 heavy (non-hydrogen) atoms. The summed E-state index contributed by atoms with van der Waals surface area (Å²) in [6.07, 6.45) is 9.36. The molecule has 0 bridgehead atoms. The van der Waals surface area contributed by atoms with Gasteiger partial charge in [-0.15, -0.1) is 0 Å². The smallest absolute Gasteiger partial charge is 0.334 e. The number of hydrogen-bond donors (Lipinski definition) is 0. The zero-order chi connectivity index (χ0) is 10.9. The fraction of sp³-hybridized carbons (Fsp3) is 0.818. The summed E-state index contributed by atoms with van der Waals surface area (Å²) in [5.74, 6) is 0. The fourth-order valence-electron chi connectivity index (χ4n) is 1.19. The van der Waals surface area contributed by atoms with Crippen molar-refractivity contribution in [3.8, 4) is 0 Å². The molecular weight excluding hydrogens is 192 g/mol. The molecule has 0 rings (SSSR count). The van der Waals surface area contributed by atoms with Crippen LogP contribution in [0.3, 0.4) is 0 Å². The Bertz CT molecular complexity index is 153. The minimum atomic E-state index is -1.82. The van der Waals surface area contributed by atoms with Gasteiger partial charge < -0.3 is 8.85 Å². The molecule has 0 heterocycles. The van der Waals surface area contributed by atoms with Crippen LogP contribution in [0.5, 0.6) is 0 Å². The molecule has 0 saturated heterocycles. The third kappa shape index (κ3) is 6.35. The number of hydrogen-bond acceptors (Lipinski definition) is 2. The zero-order valence-electron chi connectivity index (χ0n) is 10.0. The molecule has 0 fully saturated rings. The van der Waals surface area contributed by atoms with Gasteiger partial charge in [0, 0.05) is 14.2 Å². The number of allylic oxidation sites excluding steroid dienone is 2. The van der Waals surface area contributed by atoms with Crippen molar-refractivity contribution < 1.29 is 8.85 Å². The second-order valence-electron chi connectivity index (χ2n) is 3.69. The lowest BCUT2D eigenvalue weighted by molar-refractivity contribution is 0.250. The SMILES string of the molecule is CCCCC=CCC[Si](C)(OC)OC. The van der Waals surface area contributed by atoms with Gasteiger partial charge in [0.2, 0.25) is 0 Å². The Balaban J connectivity index is 3.56. The lowest BCUT2D eigenvalue weighted by atomic mass is 10.2. The summed E-state index contributed by atoms with van der Waals surface area (Å²) < 4.78 is 10.8. The van der Waals surface area contributed by atoms with Gasteiger partial charge in [-0.1, -0.05) is 31.9 Å². The summed E-state index contributed by atoms with van der Waals surface area (Å²) >= 11 is 0. The average Bonchev–Trinajstić information content (AvgIpc) is 2.23. The fourth-order valence-corrected chi connectivity index (χ4v) is 2.46. The number of rotatable bonds is 8. The molecule has 0 aliphatic carbocycles. The highest BCUT2D eigenvalue weighted by Gasteiger charge is 2.26. The van der Waals surface area contributed by atoms with Gasteiger partial charge in [-0.25, -0.2) is 0 Å². The first kappa shape index (κ1) is 13.9. The van der Waals surface area contributed by atoms with Gasteiger partial charge in [-0.05, 0) is 25.4 Å². The van der Waals surface area contributed by atoms with E-state index in [0.717, 1.165) is 12.5 Å². The maximum atomic E-state index is 5.40. The van der Waals surface area contributed by atoms with Crippen LogP contribution in [-0.4, -0.2) is 22.8 Å². The summed E-state index contributed by atoms with van der Waals surface area (Å²) in [4.78, 5) is 0. The van der Waals surface area contributed by atoms with Crippen molar-refractivity contribution in [2.24, 2.45) is 0 Å². The second-order valence-corrected chi connectivity index (χ2v) is 7.28. The molecule has 0 spiro atoms. The van der Waals surface area contributed by atoms with Crippen LogP contribution < -0.4 is 0 Å². The summed E-state index contributed by atoms with van der Waals surface area (Å²) in [7, 11) is 1.68. The predicted octanol–water partition coefficient (Wildman–Crippen LogP) is 3.49. The van der Waals surface area contributed by atoms with Crippen LogP contribution in [0.15, 0.2) is 12.2 Å². The molecule has 84 valence electrons. The monoisotopic (exact) mass is 216 g/mol. The van der Waals surface area contributed by atoms with Crippen molar-refractivity contribution in [2.75, 3.05) is 14.2 Å². The Morgan fingerprint density at radius 1 is 1.07 bits per heavy atom. The van der Waals surface area contributed by atoms with E-state index in [1.54, 1.807) is 14.2 Å². The van der Waals surface area contributed by atoms with Crippen molar-refractivity contribution in [3.63, 3.8) is 0 Å². The molecule has 0 aliphatic heterocycles. The first-order valence-corrected chi connectivity index (χ1v) is 7.96. The zero-order valence-corrected chi connectivity index (χ0v) is 11.0. The standard InChI is InChI=1S/C11H24O2Si/c1-5-6-7-8-9-10-11-14(4,12-2)13-3/h8-9H,5-7,10-11H2,1-4H3. The Morgan fingerprint density at radius 3 is 2.14 bits per heavy atom. The lowest BCUT2D eigenvalue weighted by Crippen LogP contribution is -2.35. The van der Waals surface area contributed by atoms with Gasteiger partial charge >= 0.3 is 8.56 Å². The van der Waals surface area contributed by atoms with E-state index in [-0.39, 0.29) is 0 Å². The van der Waals surface area contributed by atoms with Gasteiger partial charge in [0.05, 0.1) is 0 Å². The summed E-state index contributed by atoms with van der Waals surface area (Å²) in [5, 5.41) is 0. The van der Waals surface area contributed by atoms with Crippen LogP contribution in [0.1, 0.15) is 32.6 Å². The van der Waals surface area contributed by atoms with E-state index in [1.165, 1.54) is 19.3 Å². The molecule has 0 aromatic carbocycles. The molecule has 3 heteroatoms. The Labute approximate surface area is 89.6 Å². The third-order valence-electron chi connectivity index (χ3n) is 2.52. The van der Waals surface area contributed by atoms with Crippen molar-refractivity contribution in [3.05, 3.63) is 12.2 Å². The van der Waals surface area contributed by atoms with E-state index in [1.807, 2.05) is 0 Å². The first-order valence-electron chi connectivity index (χ1n) is 5.44. The Hall–Kier alpha value is -0.123. The maximum absolute atomic E-state index is 5.40. The van der Waals surface area contributed by atoms with Crippen molar-refractivity contribution >= 4 is 8.56 Å². The van der Waals surface area contributed by atoms with E-state index in [2.05, 4.69) is 25.6 Å². The van der Waals surface area contributed by atoms with E-state index in [4.69, 9.17) is 8.85 Å². The quantitative estimate of drug-likeness (QED) is 0.351. The maximum Gasteiger partial charge on any atom is 0.334 e. The highest BCUT2D eigenvalue weighted by Crippen LogP contribution is 2.14. The predicted molar refractivity (Wildman–Crippen MR) is 63.7 cm³/mol. The second kappa shape index (κ2) is 8.21. The van der Waals surface area contributed by atoms with Gasteiger partial charge in [0.25, 0.3) is 0 Å². The molecule has 0 aromatic heterocycles. The Morgan fingerprint density at radius 2 is 1.64 bits per heavy atom. The van der Waals surface area contributed by atoms with Crippen LogP contribution in [0, 0.1) is 0 Å². The summed E-state index contributed by atoms with van der Waals surface area (Å²) in [6.45, 7) is 4.32. The van der Waals surface area contributed by atoms with Crippen LogP contribution >= 0.6 is 0 Å². The van der Waals surface area contributed by atoms with E-state index < -0.39 is 8.56 Å². The molecule has 0 amide bonds. The first-order chi connectivity index (χ1) is 6.68. The molecule has 0 radical (unpaired) electrons. The van der Waals surface area contributed by atoms with Gasteiger partial charge in [-0.2, -0.15) is 0 Å². The molecule has 0 aliphatic rings. The van der Waals surface area contributed by atoms with E-state index in [9.17, 15) is 0 Å². The van der Waals surface area contributed by atoms with Crippen molar-refractivity contribution in [2.45, 2.75) is 45.2 Å². The summed E-state index contributed by atoms with van der Waals surface area (Å²) in [5.41, 5.74) is 0. The minimum absolute atomic E-state index is 1.04. The summed E-state index contributed by atoms with van der Waals surface area (Å²) in [6, 6.07) is 1.04. The van der Waals surface area contributed by atoms with Crippen LogP contribution in [-0.2, 0) is 8.85 Å². The lowest BCUT2D eigenvalue weighted by Gasteiger charge is -2.21. The van der Waals surface area contributed by atoms with E-state index >= 15 is 0 Å².